The number of aliphatic hydroxyl groups is 3. The van der Waals surface area contributed by atoms with Crippen molar-refractivity contribution < 1.29 is 24.8 Å². The topological polar surface area (TPSA) is 79.2 Å². The van der Waals surface area contributed by atoms with Gasteiger partial charge < -0.3 is 24.8 Å². The normalized spacial score (nSPS) is 26.4. The van der Waals surface area contributed by atoms with Gasteiger partial charge in [-0.25, -0.2) is 0 Å². The summed E-state index contributed by atoms with van der Waals surface area (Å²) >= 11 is 1.73. The highest BCUT2D eigenvalue weighted by atomic mass is 32.2. The van der Waals surface area contributed by atoms with E-state index in [-0.39, 0.29) is 0 Å². The molecule has 5 atom stereocenters. The highest BCUT2D eigenvalue weighted by molar-refractivity contribution is 7.99. The van der Waals surface area contributed by atoms with Gasteiger partial charge in [-0.2, -0.15) is 11.8 Å². The molecule has 1 saturated heterocycles. The van der Waals surface area contributed by atoms with Crippen molar-refractivity contribution in [3.8, 4) is 0 Å². The zero-order valence-electron chi connectivity index (χ0n) is 20.2. The van der Waals surface area contributed by atoms with Gasteiger partial charge in [0.1, 0.15) is 18.3 Å². The van der Waals surface area contributed by atoms with Crippen LogP contribution in [0.15, 0.2) is 0 Å². The van der Waals surface area contributed by atoms with Gasteiger partial charge in [-0.15, -0.1) is 0 Å². The van der Waals surface area contributed by atoms with Crippen molar-refractivity contribution >= 4 is 11.8 Å². The van der Waals surface area contributed by atoms with Gasteiger partial charge in [-0.3, -0.25) is 0 Å². The quantitative estimate of drug-likeness (QED) is 0.209. The van der Waals surface area contributed by atoms with Gasteiger partial charge in [0, 0.05) is 12.9 Å². The fraction of sp³-hybridized carbons (Fsp3) is 1.00. The van der Waals surface area contributed by atoms with Crippen molar-refractivity contribution in [3.05, 3.63) is 0 Å². The predicted molar refractivity (Wildman–Crippen MR) is 131 cm³/mol. The van der Waals surface area contributed by atoms with Crippen LogP contribution in [-0.2, 0) is 9.47 Å². The van der Waals surface area contributed by atoms with Gasteiger partial charge >= 0.3 is 0 Å². The van der Waals surface area contributed by atoms with Crippen molar-refractivity contribution in [1.82, 2.24) is 0 Å². The molecule has 1 aliphatic heterocycles. The van der Waals surface area contributed by atoms with E-state index in [1.807, 2.05) is 0 Å². The third kappa shape index (κ3) is 13.4. The first kappa shape index (κ1) is 29.2. The summed E-state index contributed by atoms with van der Waals surface area (Å²) in [6.07, 6.45) is 17.1. The van der Waals surface area contributed by atoms with Gasteiger partial charge in [0.2, 0.25) is 0 Å². The van der Waals surface area contributed by atoms with E-state index in [1.54, 1.807) is 11.8 Å². The Labute approximate surface area is 195 Å². The summed E-state index contributed by atoms with van der Waals surface area (Å²) in [4.78, 5) is 0. The lowest BCUT2D eigenvalue weighted by molar-refractivity contribution is -0.284. The van der Waals surface area contributed by atoms with E-state index in [2.05, 4.69) is 6.92 Å². The summed E-state index contributed by atoms with van der Waals surface area (Å²) in [5.74, 6) is 1.63. The van der Waals surface area contributed by atoms with Crippen LogP contribution in [0.25, 0.3) is 0 Å². The van der Waals surface area contributed by atoms with Gasteiger partial charge in [-0.05, 0) is 12.2 Å². The molecule has 1 fully saturated rings. The number of thioether (sulfide) groups is 1. The second-order valence-corrected chi connectivity index (χ2v) is 10.3. The molecule has 0 spiro atoms. The van der Waals surface area contributed by atoms with E-state index in [0.717, 1.165) is 5.75 Å². The Morgan fingerprint density at radius 1 is 0.645 bits per heavy atom. The second kappa shape index (κ2) is 19.6. The highest BCUT2D eigenvalue weighted by Gasteiger charge is 2.43. The predicted octanol–water partition coefficient (Wildman–Crippen LogP) is 5.44. The van der Waals surface area contributed by atoms with E-state index >= 15 is 0 Å². The summed E-state index contributed by atoms with van der Waals surface area (Å²) in [7, 11) is 1.43. The van der Waals surface area contributed by atoms with Gasteiger partial charge in [0.25, 0.3) is 0 Å². The molecule has 0 amide bonds. The number of hydrogen-bond acceptors (Lipinski definition) is 6. The van der Waals surface area contributed by atoms with Crippen LogP contribution >= 0.6 is 11.8 Å². The van der Waals surface area contributed by atoms with Crippen LogP contribution in [0.4, 0.5) is 0 Å². The monoisotopic (exact) mass is 462 g/mol. The molecule has 31 heavy (non-hydrogen) atoms. The van der Waals surface area contributed by atoms with Crippen LogP contribution in [0.3, 0.4) is 0 Å². The molecule has 6 heteroatoms. The lowest BCUT2D eigenvalue weighted by Crippen LogP contribution is -2.58. The Kier molecular flexibility index (Phi) is 18.5. The maximum Gasteiger partial charge on any atom is 0.186 e. The first-order valence-electron chi connectivity index (χ1n) is 12.9. The van der Waals surface area contributed by atoms with E-state index in [0.29, 0.717) is 5.75 Å². The molecule has 0 radical (unpaired) electrons. The Balaban J connectivity index is 1.84. The molecule has 1 heterocycles. The van der Waals surface area contributed by atoms with Crippen LogP contribution in [-0.4, -0.2) is 64.6 Å². The first-order valence-corrected chi connectivity index (χ1v) is 14.1. The molecule has 1 rings (SSSR count). The van der Waals surface area contributed by atoms with Crippen LogP contribution in [0.1, 0.15) is 110 Å². The average molecular weight is 463 g/mol. The number of ether oxygens (including phenoxy) is 2. The number of hydrogen-bond donors (Lipinski definition) is 3. The average Bonchev–Trinajstić information content (AvgIpc) is 2.78. The fourth-order valence-electron chi connectivity index (χ4n) is 4.20. The first-order chi connectivity index (χ1) is 15.1. The third-order valence-corrected chi connectivity index (χ3v) is 7.47. The Hall–Kier alpha value is 0.150. The molecule has 0 aliphatic carbocycles. The molecule has 3 N–H and O–H groups in total. The maximum atomic E-state index is 10.1. The molecule has 0 aromatic rings. The van der Waals surface area contributed by atoms with Gasteiger partial charge in [0.05, 0.1) is 6.10 Å². The van der Waals surface area contributed by atoms with Crippen molar-refractivity contribution in [3.63, 3.8) is 0 Å². The zero-order valence-corrected chi connectivity index (χ0v) is 21.0. The molecule has 0 aromatic carbocycles. The maximum absolute atomic E-state index is 10.1. The standard InChI is InChI=1S/C25H50O5S/c1-3-4-5-6-7-8-9-10-11-12-13-14-15-16-17-18-19-31-20-21-22(26)23(27)24(28)25(29-2)30-21/h21-28H,3-20H2,1-2H3/t21-,22-,23+,24-,25+/m1/s1. The van der Waals surface area contributed by atoms with Crippen molar-refractivity contribution in [2.75, 3.05) is 18.6 Å². The van der Waals surface area contributed by atoms with E-state index in [4.69, 9.17) is 9.47 Å². The summed E-state index contributed by atoms with van der Waals surface area (Å²) in [5.41, 5.74) is 0. The Morgan fingerprint density at radius 2 is 1.10 bits per heavy atom. The van der Waals surface area contributed by atoms with E-state index < -0.39 is 30.7 Å². The van der Waals surface area contributed by atoms with Crippen LogP contribution < -0.4 is 0 Å². The fourth-order valence-corrected chi connectivity index (χ4v) is 5.28. The van der Waals surface area contributed by atoms with Crippen molar-refractivity contribution in [2.24, 2.45) is 0 Å². The largest absolute Gasteiger partial charge is 0.388 e. The Bertz CT molecular complexity index is 396. The molecular formula is C25H50O5S. The molecule has 5 nitrogen and oxygen atoms in total. The molecule has 0 saturated carbocycles. The summed E-state index contributed by atoms with van der Waals surface area (Å²) < 4.78 is 10.6. The van der Waals surface area contributed by atoms with Crippen molar-refractivity contribution in [2.45, 2.75) is 140 Å². The van der Waals surface area contributed by atoms with E-state index in [9.17, 15) is 15.3 Å². The van der Waals surface area contributed by atoms with Gasteiger partial charge in [-0.1, -0.05) is 103 Å². The highest BCUT2D eigenvalue weighted by Crippen LogP contribution is 2.24. The van der Waals surface area contributed by atoms with Crippen LogP contribution in [0.2, 0.25) is 0 Å². The Morgan fingerprint density at radius 3 is 1.55 bits per heavy atom. The van der Waals surface area contributed by atoms with Crippen LogP contribution in [0, 0.1) is 0 Å². The lowest BCUT2D eigenvalue weighted by atomic mass is 10.00. The lowest BCUT2D eigenvalue weighted by Gasteiger charge is -2.39. The van der Waals surface area contributed by atoms with Crippen LogP contribution in [0.5, 0.6) is 0 Å². The smallest absolute Gasteiger partial charge is 0.186 e. The third-order valence-electron chi connectivity index (χ3n) is 6.33. The number of methoxy groups -OCH3 is 1. The minimum absolute atomic E-state index is 0.505. The molecule has 0 unspecified atom stereocenters. The molecule has 1 aliphatic rings. The summed E-state index contributed by atoms with van der Waals surface area (Å²) in [6.45, 7) is 2.28. The SMILES string of the molecule is CCCCCCCCCCCCCCCCCCSC[C@H]1O[C@H](OC)[C@H](O)[C@@H](O)[C@@H]1O. The molecular weight excluding hydrogens is 412 g/mol. The van der Waals surface area contributed by atoms with Crippen molar-refractivity contribution in [1.29, 1.82) is 0 Å². The number of rotatable bonds is 20. The number of aliphatic hydroxyl groups excluding tert-OH is 3. The molecule has 0 aromatic heterocycles. The number of unbranched alkanes of at least 4 members (excludes halogenated alkanes) is 15. The second-order valence-electron chi connectivity index (χ2n) is 9.13. The molecule has 0 bridgehead atoms. The minimum Gasteiger partial charge on any atom is -0.388 e. The summed E-state index contributed by atoms with van der Waals surface area (Å²) in [5, 5.41) is 29.7. The molecule has 186 valence electrons. The zero-order chi connectivity index (χ0) is 22.7. The minimum atomic E-state index is -1.22. The van der Waals surface area contributed by atoms with Gasteiger partial charge in [0.15, 0.2) is 6.29 Å². The van der Waals surface area contributed by atoms with E-state index in [1.165, 1.54) is 110 Å². The summed E-state index contributed by atoms with van der Waals surface area (Å²) in [6, 6.07) is 0.